The van der Waals surface area contributed by atoms with E-state index in [2.05, 4.69) is 101 Å². The van der Waals surface area contributed by atoms with Crippen molar-refractivity contribution < 1.29 is 0 Å². The van der Waals surface area contributed by atoms with Crippen LogP contribution in [0.3, 0.4) is 0 Å². The average Bonchev–Trinajstić information content (AvgIpc) is 2.67. The van der Waals surface area contributed by atoms with Crippen molar-refractivity contribution in [1.29, 1.82) is 0 Å². The van der Waals surface area contributed by atoms with Gasteiger partial charge in [0.1, 0.15) is 0 Å². The van der Waals surface area contributed by atoms with E-state index in [1.807, 2.05) is 0 Å². The average molecular weight is 341 g/mol. The zero-order valence-electron chi connectivity index (χ0n) is 13.4. The minimum absolute atomic E-state index is 0. The molecular weight excluding hydrogens is 300 g/mol. The fraction of sp³-hybridized carbons (Fsp3) is 0.440. The van der Waals surface area contributed by atoms with Crippen molar-refractivity contribution in [3.8, 4) is 0 Å². The number of benzene rings is 2. The van der Waals surface area contributed by atoms with Crippen molar-refractivity contribution in [2.24, 2.45) is 10.8 Å². The Kier molecular flexibility index (Phi) is 8.66. The first kappa shape index (κ1) is 25.4. The molecule has 0 spiro atoms. The van der Waals surface area contributed by atoms with E-state index in [0.717, 1.165) is 0 Å². The van der Waals surface area contributed by atoms with Gasteiger partial charge in [0.2, 0.25) is 0 Å². The second-order valence-corrected chi connectivity index (χ2v) is 7.26. The highest BCUT2D eigenvalue weighted by Gasteiger charge is 2.58. The molecule has 1 aliphatic carbocycles. The predicted molar refractivity (Wildman–Crippen MR) is 117 cm³/mol. The molecule has 0 aliphatic heterocycles. The quantitative estimate of drug-likeness (QED) is 0.484. The standard InChI is InChI=1S/C21H24.4CH4/c1-19(2)15-16-20(3,4)21(19,17-11-7-5-8-12-17)18-13-9-6-10-14-18;;;;/h5-16H,1-4H3;4*1H4. The van der Waals surface area contributed by atoms with E-state index in [4.69, 9.17) is 0 Å². The van der Waals surface area contributed by atoms with Gasteiger partial charge in [0, 0.05) is 5.41 Å². The van der Waals surface area contributed by atoms with Crippen LogP contribution in [0.4, 0.5) is 0 Å². The molecule has 0 nitrogen and oxygen atoms in total. The van der Waals surface area contributed by atoms with Gasteiger partial charge in [-0.05, 0) is 22.0 Å². The van der Waals surface area contributed by atoms with Crippen LogP contribution in [0.2, 0.25) is 0 Å². The number of hydrogen-bond donors (Lipinski definition) is 0. The van der Waals surface area contributed by atoms with Gasteiger partial charge >= 0.3 is 0 Å². The van der Waals surface area contributed by atoms with Crippen LogP contribution in [0.5, 0.6) is 0 Å². The van der Waals surface area contributed by atoms with E-state index < -0.39 is 0 Å². The summed E-state index contributed by atoms with van der Waals surface area (Å²) in [7, 11) is 0. The molecule has 25 heavy (non-hydrogen) atoms. The molecule has 0 atom stereocenters. The molecule has 0 bridgehead atoms. The lowest BCUT2D eigenvalue weighted by atomic mass is 9.51. The van der Waals surface area contributed by atoms with E-state index in [9.17, 15) is 0 Å². The molecule has 140 valence electrons. The van der Waals surface area contributed by atoms with Crippen molar-refractivity contribution in [2.75, 3.05) is 0 Å². The fourth-order valence-electron chi connectivity index (χ4n) is 4.53. The highest BCUT2D eigenvalue weighted by Crippen LogP contribution is 2.62. The largest absolute Gasteiger partial charge is 0.0810 e. The molecule has 3 rings (SSSR count). The maximum Gasteiger partial charge on any atom is 0.0373 e. The maximum absolute atomic E-state index is 2.40. The summed E-state index contributed by atoms with van der Waals surface area (Å²) >= 11 is 0. The van der Waals surface area contributed by atoms with Gasteiger partial charge in [0.05, 0.1) is 0 Å². The molecule has 0 amide bonds. The van der Waals surface area contributed by atoms with Gasteiger partial charge in [0.15, 0.2) is 0 Å². The van der Waals surface area contributed by atoms with Crippen LogP contribution in [0, 0.1) is 10.8 Å². The zero-order chi connectivity index (χ0) is 15.1. The minimum atomic E-state index is -0.0392. The zero-order valence-corrected chi connectivity index (χ0v) is 13.4. The van der Waals surface area contributed by atoms with Crippen LogP contribution in [-0.4, -0.2) is 0 Å². The lowest BCUT2D eigenvalue weighted by Gasteiger charge is -2.51. The molecule has 0 saturated heterocycles. The summed E-state index contributed by atoms with van der Waals surface area (Å²) < 4.78 is 0. The smallest absolute Gasteiger partial charge is 0.0373 e. The molecule has 0 fully saturated rings. The summed E-state index contributed by atoms with van der Waals surface area (Å²) in [5.41, 5.74) is 2.90. The molecule has 0 unspecified atom stereocenters. The molecule has 0 heteroatoms. The minimum Gasteiger partial charge on any atom is -0.0810 e. The Bertz CT molecular complexity index is 585. The molecule has 2 aromatic rings. The van der Waals surface area contributed by atoms with E-state index in [0.29, 0.717) is 0 Å². The van der Waals surface area contributed by atoms with E-state index in [1.54, 1.807) is 0 Å². The Morgan fingerprint density at radius 1 is 0.480 bits per heavy atom. The molecule has 0 N–H and O–H groups in total. The van der Waals surface area contributed by atoms with E-state index >= 15 is 0 Å². The first-order chi connectivity index (χ1) is 9.92. The SMILES string of the molecule is C.C.C.C.CC1(C)C=CC(C)(C)C1(c1ccccc1)c1ccccc1. The van der Waals surface area contributed by atoms with Crippen LogP contribution in [0.1, 0.15) is 68.5 Å². The van der Waals surface area contributed by atoms with Crippen LogP contribution in [0.25, 0.3) is 0 Å². The molecule has 0 aromatic heterocycles. The topological polar surface area (TPSA) is 0 Å². The maximum atomic E-state index is 2.40. The van der Waals surface area contributed by atoms with Crippen molar-refractivity contribution in [2.45, 2.75) is 62.8 Å². The van der Waals surface area contributed by atoms with Crippen LogP contribution in [-0.2, 0) is 5.41 Å². The lowest BCUT2D eigenvalue weighted by molar-refractivity contribution is 0.168. The number of allylic oxidation sites excluding steroid dienone is 2. The van der Waals surface area contributed by atoms with Gasteiger partial charge in [-0.25, -0.2) is 0 Å². The van der Waals surface area contributed by atoms with Crippen molar-refractivity contribution in [3.05, 3.63) is 83.9 Å². The molecule has 1 aliphatic rings. The summed E-state index contributed by atoms with van der Waals surface area (Å²) in [4.78, 5) is 0. The second kappa shape index (κ2) is 8.52. The highest BCUT2D eigenvalue weighted by molar-refractivity contribution is 5.50. The van der Waals surface area contributed by atoms with Crippen LogP contribution < -0.4 is 0 Å². The van der Waals surface area contributed by atoms with Crippen molar-refractivity contribution in [3.63, 3.8) is 0 Å². The van der Waals surface area contributed by atoms with Gasteiger partial charge < -0.3 is 0 Å². The monoisotopic (exact) mass is 340 g/mol. The fourth-order valence-corrected chi connectivity index (χ4v) is 4.53. The lowest BCUT2D eigenvalue weighted by Crippen LogP contribution is -2.48. The number of hydrogen-bond acceptors (Lipinski definition) is 0. The van der Waals surface area contributed by atoms with Crippen molar-refractivity contribution >= 4 is 0 Å². The van der Waals surface area contributed by atoms with Gasteiger partial charge in [-0.3, -0.25) is 0 Å². The predicted octanol–water partition coefficient (Wildman–Crippen LogP) is 8.14. The van der Waals surface area contributed by atoms with Gasteiger partial charge in [-0.15, -0.1) is 0 Å². The van der Waals surface area contributed by atoms with Crippen LogP contribution in [0.15, 0.2) is 72.8 Å². The summed E-state index contributed by atoms with van der Waals surface area (Å²) in [6.45, 7) is 9.44. The summed E-state index contributed by atoms with van der Waals surface area (Å²) in [5.74, 6) is 0. The van der Waals surface area contributed by atoms with Crippen molar-refractivity contribution in [1.82, 2.24) is 0 Å². The Balaban J connectivity index is 0. The summed E-state index contributed by atoms with van der Waals surface area (Å²) in [6, 6.07) is 22.0. The Hall–Kier alpha value is -1.82. The van der Waals surface area contributed by atoms with E-state index in [-0.39, 0.29) is 46.0 Å². The molecule has 0 radical (unpaired) electrons. The summed E-state index contributed by atoms with van der Waals surface area (Å²) in [5, 5.41) is 0. The van der Waals surface area contributed by atoms with Gasteiger partial charge in [-0.1, -0.05) is 130 Å². The third kappa shape index (κ3) is 3.45. The number of rotatable bonds is 2. The molecule has 0 saturated carbocycles. The highest BCUT2D eigenvalue weighted by atomic mass is 14.6. The Labute approximate surface area is 158 Å². The van der Waals surface area contributed by atoms with Gasteiger partial charge in [0.25, 0.3) is 0 Å². The summed E-state index contributed by atoms with van der Waals surface area (Å²) in [6.07, 6.45) is 4.79. The molecular formula is C25H40. The Morgan fingerprint density at radius 3 is 1.04 bits per heavy atom. The first-order valence-corrected chi connectivity index (χ1v) is 7.73. The molecule has 0 heterocycles. The third-order valence-electron chi connectivity index (χ3n) is 5.26. The van der Waals surface area contributed by atoms with Gasteiger partial charge in [-0.2, -0.15) is 0 Å². The second-order valence-electron chi connectivity index (χ2n) is 7.26. The Morgan fingerprint density at radius 2 is 0.760 bits per heavy atom. The van der Waals surface area contributed by atoms with Crippen LogP contribution >= 0.6 is 0 Å². The third-order valence-corrected chi connectivity index (χ3v) is 5.26. The normalized spacial score (nSPS) is 17.9. The molecule has 2 aromatic carbocycles. The first-order valence-electron chi connectivity index (χ1n) is 7.73. The van der Waals surface area contributed by atoms with E-state index in [1.165, 1.54) is 11.1 Å².